The maximum Gasteiger partial charge on any atom is 0.303 e. The van der Waals surface area contributed by atoms with E-state index in [2.05, 4.69) is 15.3 Å². The lowest BCUT2D eigenvalue weighted by molar-refractivity contribution is -0.138. The Labute approximate surface area is 93.1 Å². The lowest BCUT2D eigenvalue weighted by Gasteiger charge is -2.08. The molecular weight excluding hydrogens is 210 g/mol. The van der Waals surface area contributed by atoms with Gasteiger partial charge in [-0.05, 0) is 5.92 Å². The number of rotatable bonds is 6. The summed E-state index contributed by atoms with van der Waals surface area (Å²) in [5.41, 5.74) is 0. The predicted octanol–water partition coefficient (Wildman–Crippen LogP) is 0.527. The first-order valence-electron chi connectivity index (χ1n) is 5.04. The standard InChI is InChI=1S/C10H15N3O3/c1-7(5-10(15)16)4-9(14)13-6-8-11-2-3-12-8/h2-3,7H,4-6H2,1H3,(H,11,12)(H,13,14)(H,15,16). The van der Waals surface area contributed by atoms with Gasteiger partial charge in [0.05, 0.1) is 6.54 Å². The van der Waals surface area contributed by atoms with Crippen molar-refractivity contribution in [1.82, 2.24) is 15.3 Å². The van der Waals surface area contributed by atoms with Crippen molar-refractivity contribution in [2.75, 3.05) is 0 Å². The van der Waals surface area contributed by atoms with Gasteiger partial charge in [-0.25, -0.2) is 4.98 Å². The van der Waals surface area contributed by atoms with Gasteiger partial charge in [0.25, 0.3) is 0 Å². The number of nitrogens with one attached hydrogen (secondary N) is 2. The molecule has 0 bridgehead atoms. The quantitative estimate of drug-likeness (QED) is 0.658. The molecule has 0 aliphatic heterocycles. The summed E-state index contributed by atoms with van der Waals surface area (Å²) in [5, 5.41) is 11.2. The van der Waals surface area contributed by atoms with Gasteiger partial charge in [0.2, 0.25) is 5.91 Å². The summed E-state index contributed by atoms with van der Waals surface area (Å²) < 4.78 is 0. The molecule has 0 fully saturated rings. The van der Waals surface area contributed by atoms with Gasteiger partial charge in [0, 0.05) is 25.2 Å². The molecule has 0 aliphatic carbocycles. The van der Waals surface area contributed by atoms with E-state index in [9.17, 15) is 9.59 Å². The van der Waals surface area contributed by atoms with Crippen molar-refractivity contribution in [3.05, 3.63) is 18.2 Å². The normalized spacial score (nSPS) is 12.1. The number of aliphatic carboxylic acids is 1. The third-order valence-electron chi connectivity index (χ3n) is 2.06. The van der Waals surface area contributed by atoms with Crippen molar-refractivity contribution in [3.8, 4) is 0 Å². The third kappa shape index (κ3) is 4.59. The summed E-state index contributed by atoms with van der Waals surface area (Å²) in [4.78, 5) is 28.6. The highest BCUT2D eigenvalue weighted by Crippen LogP contribution is 2.06. The van der Waals surface area contributed by atoms with Gasteiger partial charge in [-0.2, -0.15) is 0 Å². The summed E-state index contributed by atoms with van der Waals surface area (Å²) >= 11 is 0. The number of carboxylic acid groups (broad SMARTS) is 1. The molecule has 1 heterocycles. The molecule has 16 heavy (non-hydrogen) atoms. The molecule has 1 aromatic heterocycles. The molecule has 0 aromatic carbocycles. The Kier molecular flexibility index (Phi) is 4.50. The van der Waals surface area contributed by atoms with E-state index >= 15 is 0 Å². The van der Waals surface area contributed by atoms with Crippen LogP contribution in [0.2, 0.25) is 0 Å². The molecular formula is C10H15N3O3. The molecule has 88 valence electrons. The average Bonchev–Trinajstić information content (AvgIpc) is 2.65. The number of nitrogens with zero attached hydrogens (tertiary/aromatic N) is 1. The summed E-state index contributed by atoms with van der Waals surface area (Å²) in [5.74, 6) is -0.523. The van der Waals surface area contributed by atoms with E-state index in [4.69, 9.17) is 5.11 Å². The van der Waals surface area contributed by atoms with Gasteiger partial charge < -0.3 is 15.4 Å². The fourth-order valence-electron chi connectivity index (χ4n) is 1.34. The minimum absolute atomic E-state index is 0.00811. The van der Waals surface area contributed by atoms with E-state index in [-0.39, 0.29) is 24.7 Å². The van der Waals surface area contributed by atoms with Gasteiger partial charge in [-0.15, -0.1) is 0 Å². The van der Waals surface area contributed by atoms with Crippen molar-refractivity contribution >= 4 is 11.9 Å². The van der Waals surface area contributed by atoms with Gasteiger partial charge >= 0.3 is 5.97 Å². The number of imidazole rings is 1. The fourth-order valence-corrected chi connectivity index (χ4v) is 1.34. The molecule has 1 aromatic rings. The van der Waals surface area contributed by atoms with Gasteiger partial charge in [0.15, 0.2) is 0 Å². The first-order chi connectivity index (χ1) is 7.58. The van der Waals surface area contributed by atoms with Crippen molar-refractivity contribution in [1.29, 1.82) is 0 Å². The van der Waals surface area contributed by atoms with Crippen LogP contribution in [0.1, 0.15) is 25.6 Å². The zero-order chi connectivity index (χ0) is 12.0. The second-order valence-electron chi connectivity index (χ2n) is 3.72. The number of amides is 1. The van der Waals surface area contributed by atoms with Crippen molar-refractivity contribution in [3.63, 3.8) is 0 Å². The Hall–Kier alpha value is -1.85. The van der Waals surface area contributed by atoms with Crippen LogP contribution in [0.5, 0.6) is 0 Å². The van der Waals surface area contributed by atoms with E-state index in [1.807, 2.05) is 0 Å². The number of carboxylic acids is 1. The second-order valence-corrected chi connectivity index (χ2v) is 3.72. The zero-order valence-corrected chi connectivity index (χ0v) is 9.06. The molecule has 0 saturated heterocycles. The summed E-state index contributed by atoms with van der Waals surface area (Å²) in [6.07, 6.45) is 3.50. The molecule has 6 nitrogen and oxygen atoms in total. The number of hydrogen-bond donors (Lipinski definition) is 3. The Bertz CT molecular complexity index is 348. The maximum atomic E-state index is 11.4. The minimum atomic E-state index is -0.883. The Morgan fingerprint density at radius 3 is 2.88 bits per heavy atom. The molecule has 0 radical (unpaired) electrons. The highest BCUT2D eigenvalue weighted by Gasteiger charge is 2.12. The lowest BCUT2D eigenvalue weighted by atomic mass is 10.0. The molecule has 1 unspecified atom stereocenters. The lowest BCUT2D eigenvalue weighted by Crippen LogP contribution is -2.25. The third-order valence-corrected chi connectivity index (χ3v) is 2.06. The maximum absolute atomic E-state index is 11.4. The van der Waals surface area contributed by atoms with Gasteiger partial charge in [0.1, 0.15) is 5.82 Å². The number of H-pyrrole nitrogens is 1. The summed E-state index contributed by atoms with van der Waals surface area (Å²) in [7, 11) is 0. The van der Waals surface area contributed by atoms with E-state index in [1.54, 1.807) is 19.3 Å². The van der Waals surface area contributed by atoms with Crippen molar-refractivity contribution < 1.29 is 14.7 Å². The largest absolute Gasteiger partial charge is 0.481 e. The zero-order valence-electron chi connectivity index (χ0n) is 9.06. The summed E-state index contributed by atoms with van der Waals surface area (Å²) in [6.45, 7) is 2.08. The van der Waals surface area contributed by atoms with Crippen LogP contribution in [0.4, 0.5) is 0 Å². The van der Waals surface area contributed by atoms with E-state index in [0.29, 0.717) is 12.4 Å². The van der Waals surface area contributed by atoms with Crippen LogP contribution < -0.4 is 5.32 Å². The first kappa shape index (κ1) is 12.2. The van der Waals surface area contributed by atoms with Crippen LogP contribution in [0, 0.1) is 5.92 Å². The molecule has 6 heteroatoms. The van der Waals surface area contributed by atoms with E-state index < -0.39 is 5.97 Å². The van der Waals surface area contributed by atoms with Gasteiger partial charge in [-0.3, -0.25) is 9.59 Å². The van der Waals surface area contributed by atoms with Crippen LogP contribution in [-0.2, 0) is 16.1 Å². The molecule has 0 spiro atoms. The molecule has 1 atom stereocenters. The van der Waals surface area contributed by atoms with E-state index in [1.165, 1.54) is 0 Å². The van der Waals surface area contributed by atoms with Crippen LogP contribution in [0.25, 0.3) is 0 Å². The topological polar surface area (TPSA) is 95.1 Å². The number of aromatic nitrogens is 2. The fraction of sp³-hybridized carbons (Fsp3) is 0.500. The first-order valence-corrected chi connectivity index (χ1v) is 5.04. The molecule has 3 N–H and O–H groups in total. The predicted molar refractivity (Wildman–Crippen MR) is 56.5 cm³/mol. The SMILES string of the molecule is CC(CC(=O)O)CC(=O)NCc1ncc[nH]1. The Morgan fingerprint density at radius 2 is 2.31 bits per heavy atom. The molecule has 1 rings (SSSR count). The highest BCUT2D eigenvalue weighted by atomic mass is 16.4. The average molecular weight is 225 g/mol. The molecule has 0 aliphatic rings. The van der Waals surface area contributed by atoms with Crippen LogP contribution in [0.3, 0.4) is 0 Å². The van der Waals surface area contributed by atoms with Crippen LogP contribution in [0.15, 0.2) is 12.4 Å². The van der Waals surface area contributed by atoms with Crippen molar-refractivity contribution in [2.24, 2.45) is 5.92 Å². The number of carbonyl (C=O) groups excluding carboxylic acids is 1. The smallest absolute Gasteiger partial charge is 0.303 e. The number of hydrogen-bond acceptors (Lipinski definition) is 3. The number of carbonyl (C=O) groups is 2. The highest BCUT2D eigenvalue weighted by molar-refractivity contribution is 5.77. The Morgan fingerprint density at radius 1 is 1.56 bits per heavy atom. The second kappa shape index (κ2) is 5.89. The van der Waals surface area contributed by atoms with E-state index in [0.717, 1.165) is 0 Å². The summed E-state index contributed by atoms with van der Waals surface area (Å²) in [6, 6.07) is 0. The van der Waals surface area contributed by atoms with Crippen LogP contribution >= 0.6 is 0 Å². The number of aromatic amines is 1. The van der Waals surface area contributed by atoms with Crippen LogP contribution in [-0.4, -0.2) is 27.0 Å². The molecule has 1 amide bonds. The monoisotopic (exact) mass is 225 g/mol. The minimum Gasteiger partial charge on any atom is -0.481 e. The van der Waals surface area contributed by atoms with Crippen molar-refractivity contribution in [2.45, 2.75) is 26.3 Å². The molecule has 0 saturated carbocycles. The Balaban J connectivity index is 2.23. The van der Waals surface area contributed by atoms with Gasteiger partial charge in [-0.1, -0.05) is 6.92 Å².